The number of nitro benzene ring substituents is 1. The van der Waals surface area contributed by atoms with Crippen molar-refractivity contribution >= 4 is 23.1 Å². The smallest absolute Gasteiger partial charge is 0.276 e. The number of nitro groups is 1. The molecule has 0 fully saturated rings. The van der Waals surface area contributed by atoms with E-state index in [2.05, 4.69) is 9.97 Å². The Balaban J connectivity index is 2.13. The van der Waals surface area contributed by atoms with Gasteiger partial charge in [-0.25, -0.2) is 4.98 Å². The van der Waals surface area contributed by atoms with Crippen molar-refractivity contribution in [3.05, 3.63) is 94.1 Å². The van der Waals surface area contributed by atoms with Crippen LogP contribution >= 0.6 is 0 Å². The fourth-order valence-electron chi connectivity index (χ4n) is 2.33. The number of hydrogen-bond acceptors (Lipinski definition) is 4. The first kappa shape index (κ1) is 15.4. The number of imidazole rings is 1. The molecule has 1 heterocycles. The summed E-state index contributed by atoms with van der Waals surface area (Å²) in [6.07, 6.45) is 4.62. The van der Waals surface area contributed by atoms with E-state index >= 15 is 0 Å². The number of allylic oxidation sites excluding steroid dienone is 1. The second-order valence-electron chi connectivity index (χ2n) is 5.01. The molecule has 0 spiro atoms. The van der Waals surface area contributed by atoms with Crippen molar-refractivity contribution in [3.8, 4) is 0 Å². The Hall–Kier alpha value is -3.54. The number of carbonyl (C=O) groups excluding carboxylic acids is 1. The van der Waals surface area contributed by atoms with Crippen LogP contribution in [-0.2, 0) is 0 Å². The van der Waals surface area contributed by atoms with E-state index in [9.17, 15) is 14.9 Å². The zero-order valence-electron chi connectivity index (χ0n) is 12.5. The number of hydrogen-bond donors (Lipinski definition) is 1. The van der Waals surface area contributed by atoms with Gasteiger partial charge in [0.25, 0.3) is 5.69 Å². The van der Waals surface area contributed by atoms with Crippen molar-refractivity contribution in [2.24, 2.45) is 0 Å². The number of aromatic amines is 1. The van der Waals surface area contributed by atoms with Gasteiger partial charge >= 0.3 is 0 Å². The summed E-state index contributed by atoms with van der Waals surface area (Å²) in [6.45, 7) is 0. The van der Waals surface area contributed by atoms with E-state index in [1.807, 2.05) is 6.07 Å². The maximum Gasteiger partial charge on any atom is 0.276 e. The molecule has 0 aliphatic rings. The monoisotopic (exact) mass is 319 g/mol. The van der Waals surface area contributed by atoms with Gasteiger partial charge in [-0.15, -0.1) is 0 Å². The van der Waals surface area contributed by atoms with Gasteiger partial charge in [0.05, 0.1) is 16.1 Å². The van der Waals surface area contributed by atoms with Crippen LogP contribution in [0.25, 0.3) is 11.6 Å². The van der Waals surface area contributed by atoms with Gasteiger partial charge in [-0.2, -0.15) is 0 Å². The summed E-state index contributed by atoms with van der Waals surface area (Å²) in [5.41, 5.74) is 1.03. The fraction of sp³-hybridized carbons (Fsp3) is 0. The number of ketones is 1. The minimum atomic E-state index is -0.474. The van der Waals surface area contributed by atoms with Gasteiger partial charge in [-0.1, -0.05) is 42.5 Å². The maximum atomic E-state index is 12.8. The van der Waals surface area contributed by atoms with E-state index in [0.29, 0.717) is 17.0 Å². The van der Waals surface area contributed by atoms with E-state index in [1.54, 1.807) is 48.7 Å². The molecule has 3 aromatic rings. The van der Waals surface area contributed by atoms with E-state index in [1.165, 1.54) is 18.3 Å². The minimum absolute atomic E-state index is 0.0672. The third kappa shape index (κ3) is 3.12. The average molecular weight is 319 g/mol. The summed E-state index contributed by atoms with van der Waals surface area (Å²) in [5, 5.41) is 11.2. The van der Waals surface area contributed by atoms with Crippen LogP contribution in [0.4, 0.5) is 5.69 Å². The van der Waals surface area contributed by atoms with Crippen LogP contribution in [0.1, 0.15) is 21.7 Å². The predicted octanol–water partition coefficient (Wildman–Crippen LogP) is 3.74. The molecule has 0 saturated heterocycles. The number of nitrogens with zero attached hydrogens (tertiary/aromatic N) is 2. The van der Waals surface area contributed by atoms with E-state index in [4.69, 9.17) is 0 Å². The molecule has 0 aliphatic carbocycles. The Kier molecular flexibility index (Phi) is 4.29. The van der Waals surface area contributed by atoms with Crippen molar-refractivity contribution in [1.82, 2.24) is 9.97 Å². The molecule has 0 aliphatic heterocycles. The maximum absolute atomic E-state index is 12.8. The third-order valence-electron chi connectivity index (χ3n) is 3.47. The van der Waals surface area contributed by atoms with Crippen LogP contribution in [0, 0.1) is 10.1 Å². The molecular weight excluding hydrogens is 306 g/mol. The van der Waals surface area contributed by atoms with Gasteiger partial charge in [0.15, 0.2) is 5.78 Å². The lowest BCUT2D eigenvalue weighted by atomic mass is 10.00. The summed E-state index contributed by atoms with van der Waals surface area (Å²) >= 11 is 0. The number of nitrogens with one attached hydrogen (secondary N) is 1. The molecule has 0 radical (unpaired) electrons. The molecule has 2 aromatic carbocycles. The summed E-state index contributed by atoms with van der Waals surface area (Å²) in [4.78, 5) is 30.6. The summed E-state index contributed by atoms with van der Waals surface area (Å²) < 4.78 is 0. The van der Waals surface area contributed by atoms with Gasteiger partial charge in [-0.3, -0.25) is 14.9 Å². The molecule has 1 aromatic heterocycles. The Morgan fingerprint density at radius 3 is 2.46 bits per heavy atom. The zero-order chi connectivity index (χ0) is 16.9. The van der Waals surface area contributed by atoms with Crippen molar-refractivity contribution in [1.29, 1.82) is 0 Å². The first-order valence-electron chi connectivity index (χ1n) is 7.21. The van der Waals surface area contributed by atoms with Gasteiger partial charge < -0.3 is 4.98 Å². The van der Waals surface area contributed by atoms with Crippen molar-refractivity contribution in [2.45, 2.75) is 0 Å². The molecule has 118 valence electrons. The molecular formula is C18H13N3O3. The molecule has 24 heavy (non-hydrogen) atoms. The highest BCUT2D eigenvalue weighted by Gasteiger charge is 2.19. The molecule has 3 rings (SSSR count). The predicted molar refractivity (Wildman–Crippen MR) is 90.3 cm³/mol. The number of para-hydroxylation sites is 1. The van der Waals surface area contributed by atoms with Crippen LogP contribution in [0.3, 0.4) is 0 Å². The topological polar surface area (TPSA) is 88.9 Å². The van der Waals surface area contributed by atoms with Gasteiger partial charge in [-0.05, 0) is 12.1 Å². The fourth-order valence-corrected chi connectivity index (χ4v) is 2.33. The zero-order valence-corrected chi connectivity index (χ0v) is 12.5. The summed E-state index contributed by atoms with van der Waals surface area (Å²) in [6, 6.07) is 15.0. The molecule has 0 bridgehead atoms. The van der Waals surface area contributed by atoms with Gasteiger partial charge in [0.1, 0.15) is 5.82 Å². The second-order valence-corrected chi connectivity index (χ2v) is 5.01. The van der Waals surface area contributed by atoms with Crippen molar-refractivity contribution < 1.29 is 9.72 Å². The Morgan fingerprint density at radius 2 is 1.79 bits per heavy atom. The third-order valence-corrected chi connectivity index (χ3v) is 3.47. The van der Waals surface area contributed by atoms with Crippen LogP contribution in [0.5, 0.6) is 0 Å². The molecule has 0 unspecified atom stereocenters. The second kappa shape index (κ2) is 6.70. The number of benzene rings is 2. The number of aromatic nitrogens is 2. The summed E-state index contributed by atoms with van der Waals surface area (Å²) in [7, 11) is 0. The Morgan fingerprint density at radius 1 is 1.08 bits per heavy atom. The number of carbonyl (C=O) groups is 1. The van der Waals surface area contributed by atoms with E-state index in [0.717, 1.165) is 0 Å². The number of H-pyrrole nitrogens is 1. The van der Waals surface area contributed by atoms with Crippen molar-refractivity contribution in [3.63, 3.8) is 0 Å². The Labute approximate surface area is 137 Å². The molecule has 0 atom stereocenters. The first-order valence-corrected chi connectivity index (χ1v) is 7.21. The van der Waals surface area contributed by atoms with Crippen LogP contribution in [0.15, 0.2) is 67.0 Å². The molecule has 1 N–H and O–H groups in total. The molecule has 6 heteroatoms. The highest BCUT2D eigenvalue weighted by atomic mass is 16.6. The normalized spacial score (nSPS) is 11.2. The largest absolute Gasteiger partial charge is 0.345 e. The van der Waals surface area contributed by atoms with Gasteiger partial charge in [0.2, 0.25) is 0 Å². The minimum Gasteiger partial charge on any atom is -0.345 e. The quantitative estimate of drug-likeness (QED) is 0.336. The van der Waals surface area contributed by atoms with Crippen LogP contribution < -0.4 is 0 Å². The SMILES string of the molecule is O=C(/C(=C/c1ccccc1[N+](=O)[O-])c1ncc[nH]1)c1ccccc1. The molecule has 0 amide bonds. The lowest BCUT2D eigenvalue weighted by Gasteiger charge is -2.05. The molecule has 6 nitrogen and oxygen atoms in total. The lowest BCUT2D eigenvalue weighted by molar-refractivity contribution is -0.385. The van der Waals surface area contributed by atoms with Crippen LogP contribution in [0.2, 0.25) is 0 Å². The van der Waals surface area contributed by atoms with Crippen LogP contribution in [-0.4, -0.2) is 20.7 Å². The molecule has 0 saturated carbocycles. The number of rotatable bonds is 5. The summed E-state index contributed by atoms with van der Waals surface area (Å²) in [5.74, 6) is 0.103. The van der Waals surface area contributed by atoms with E-state index in [-0.39, 0.29) is 17.0 Å². The average Bonchev–Trinajstić information content (AvgIpc) is 3.14. The van der Waals surface area contributed by atoms with Gasteiger partial charge in [0, 0.05) is 24.0 Å². The Bertz CT molecular complexity index is 900. The highest BCUT2D eigenvalue weighted by Crippen LogP contribution is 2.25. The lowest BCUT2D eigenvalue weighted by Crippen LogP contribution is -2.04. The van der Waals surface area contributed by atoms with E-state index < -0.39 is 4.92 Å². The number of Topliss-reactive ketones (excluding diaryl/α,β-unsaturated/α-hetero) is 1. The standard InChI is InChI=1S/C18H13N3O3/c22-17(13-6-2-1-3-7-13)15(18-19-10-11-20-18)12-14-8-4-5-9-16(14)21(23)24/h1-12H,(H,19,20)/b15-12-. The van der Waals surface area contributed by atoms with Crippen molar-refractivity contribution in [2.75, 3.05) is 0 Å². The highest BCUT2D eigenvalue weighted by molar-refractivity contribution is 6.31. The first-order chi connectivity index (χ1) is 11.7.